The van der Waals surface area contributed by atoms with E-state index in [1.165, 1.54) is 0 Å². The molecule has 0 fully saturated rings. The normalized spacial score (nSPS) is 11.5. The molecule has 0 saturated heterocycles. The molecule has 0 bridgehead atoms. The first kappa shape index (κ1) is 13.8. The number of hydrogen-bond acceptors (Lipinski definition) is 4. The highest BCUT2D eigenvalue weighted by Crippen LogP contribution is 2.34. The molecule has 0 aliphatic rings. The Bertz CT molecular complexity index is 674. The van der Waals surface area contributed by atoms with Crippen molar-refractivity contribution in [2.75, 3.05) is 0 Å². The van der Waals surface area contributed by atoms with Crippen molar-refractivity contribution in [3.8, 4) is 0 Å². The molecule has 3 rings (SSSR count). The van der Waals surface area contributed by atoms with E-state index in [1.807, 2.05) is 60.7 Å². The van der Waals surface area contributed by atoms with Crippen molar-refractivity contribution in [2.24, 2.45) is 0 Å². The quantitative estimate of drug-likeness (QED) is 0.752. The second kappa shape index (κ2) is 5.68. The van der Waals surface area contributed by atoms with Gasteiger partial charge in [-0.25, -0.2) is 0 Å². The van der Waals surface area contributed by atoms with Crippen LogP contribution < -0.4 is 0 Å². The zero-order chi connectivity index (χ0) is 14.7. The lowest BCUT2D eigenvalue weighted by Gasteiger charge is -2.25. The predicted octanol–water partition coefficient (Wildman–Crippen LogP) is 3.09. The van der Waals surface area contributed by atoms with E-state index in [-0.39, 0.29) is 17.6 Å². The fraction of sp³-hybridized carbons (Fsp3) is 0.125. The van der Waals surface area contributed by atoms with Crippen molar-refractivity contribution in [2.45, 2.75) is 11.5 Å². The van der Waals surface area contributed by atoms with Crippen LogP contribution in [0.5, 0.6) is 0 Å². The van der Waals surface area contributed by atoms with Gasteiger partial charge in [0.2, 0.25) is 11.7 Å². The van der Waals surface area contributed by atoms with Crippen LogP contribution in [0.2, 0.25) is 0 Å². The van der Waals surface area contributed by atoms with Gasteiger partial charge in [-0.1, -0.05) is 65.8 Å². The molecular formula is C16H13ClN2O2. The van der Waals surface area contributed by atoms with E-state index in [1.54, 1.807) is 0 Å². The number of aromatic nitrogens is 2. The average Bonchev–Trinajstić information content (AvgIpc) is 3.05. The van der Waals surface area contributed by atoms with Crippen LogP contribution in [0.25, 0.3) is 0 Å². The molecule has 4 nitrogen and oxygen atoms in total. The van der Waals surface area contributed by atoms with E-state index in [2.05, 4.69) is 10.1 Å². The Hall–Kier alpha value is -2.17. The summed E-state index contributed by atoms with van der Waals surface area (Å²) in [6.07, 6.45) is 0. The van der Waals surface area contributed by atoms with Gasteiger partial charge < -0.3 is 9.63 Å². The third-order valence-electron chi connectivity index (χ3n) is 3.29. The summed E-state index contributed by atoms with van der Waals surface area (Å²) in [6, 6.07) is 18.5. The maximum atomic E-state index is 11.3. The second-order valence-corrected chi connectivity index (χ2v) is 4.86. The summed E-state index contributed by atoms with van der Waals surface area (Å²) in [5.41, 5.74) is -0.146. The van der Waals surface area contributed by atoms with Crippen molar-refractivity contribution < 1.29 is 9.63 Å². The van der Waals surface area contributed by atoms with Gasteiger partial charge in [-0.05, 0) is 11.1 Å². The molecule has 0 aliphatic heterocycles. The van der Waals surface area contributed by atoms with Crippen LogP contribution >= 0.6 is 11.6 Å². The molecule has 0 radical (unpaired) electrons. The maximum Gasteiger partial charge on any atom is 0.241 e. The Morgan fingerprint density at radius 2 is 1.48 bits per heavy atom. The molecule has 106 valence electrons. The number of halogens is 1. The number of rotatable bonds is 4. The third-order valence-corrected chi connectivity index (χ3v) is 3.52. The minimum atomic E-state index is -1.48. The summed E-state index contributed by atoms with van der Waals surface area (Å²) in [4.78, 5) is 4.19. The van der Waals surface area contributed by atoms with E-state index in [4.69, 9.17) is 16.1 Å². The molecule has 1 heterocycles. The highest BCUT2D eigenvalue weighted by Gasteiger charge is 2.38. The Morgan fingerprint density at radius 3 is 1.90 bits per heavy atom. The molecule has 0 unspecified atom stereocenters. The van der Waals surface area contributed by atoms with Crippen LogP contribution in [-0.2, 0) is 11.5 Å². The Kier molecular flexibility index (Phi) is 3.73. The molecular weight excluding hydrogens is 288 g/mol. The van der Waals surface area contributed by atoms with Crippen molar-refractivity contribution in [3.63, 3.8) is 0 Å². The predicted molar refractivity (Wildman–Crippen MR) is 78.8 cm³/mol. The van der Waals surface area contributed by atoms with Crippen LogP contribution in [0.3, 0.4) is 0 Å². The minimum Gasteiger partial charge on any atom is -0.373 e. The Balaban J connectivity index is 2.20. The fourth-order valence-corrected chi connectivity index (χ4v) is 2.35. The summed E-state index contributed by atoms with van der Waals surface area (Å²) in [5, 5.41) is 15.2. The van der Waals surface area contributed by atoms with Crippen molar-refractivity contribution in [1.82, 2.24) is 10.1 Å². The van der Waals surface area contributed by atoms with Gasteiger partial charge >= 0.3 is 0 Å². The average molecular weight is 301 g/mol. The van der Waals surface area contributed by atoms with E-state index in [0.29, 0.717) is 11.1 Å². The second-order valence-electron chi connectivity index (χ2n) is 4.59. The van der Waals surface area contributed by atoms with Crippen LogP contribution in [0.15, 0.2) is 65.2 Å². The first-order valence-electron chi connectivity index (χ1n) is 6.47. The van der Waals surface area contributed by atoms with Crippen LogP contribution in [-0.4, -0.2) is 15.2 Å². The van der Waals surface area contributed by atoms with Gasteiger partial charge in [-0.15, -0.1) is 11.6 Å². The molecule has 0 atom stereocenters. The number of benzene rings is 2. The largest absolute Gasteiger partial charge is 0.373 e. The van der Waals surface area contributed by atoms with E-state index < -0.39 is 5.60 Å². The SMILES string of the molecule is OC(c1ccccc1)(c1ccccc1)c1noc(CCl)n1. The lowest BCUT2D eigenvalue weighted by Crippen LogP contribution is -2.30. The lowest BCUT2D eigenvalue weighted by atomic mass is 9.85. The number of hydrogen-bond donors (Lipinski definition) is 1. The molecule has 1 N–H and O–H groups in total. The molecule has 0 amide bonds. The molecule has 0 spiro atoms. The van der Waals surface area contributed by atoms with Gasteiger partial charge in [0.25, 0.3) is 0 Å². The highest BCUT2D eigenvalue weighted by atomic mass is 35.5. The van der Waals surface area contributed by atoms with Crippen molar-refractivity contribution in [3.05, 3.63) is 83.5 Å². The third kappa shape index (κ3) is 2.44. The van der Waals surface area contributed by atoms with Gasteiger partial charge in [0.1, 0.15) is 5.88 Å². The number of alkyl halides is 1. The molecule has 21 heavy (non-hydrogen) atoms. The summed E-state index contributed by atoms with van der Waals surface area (Å²) < 4.78 is 5.05. The van der Waals surface area contributed by atoms with Gasteiger partial charge in [-0.2, -0.15) is 4.98 Å². The van der Waals surface area contributed by atoms with E-state index in [0.717, 1.165) is 0 Å². The van der Waals surface area contributed by atoms with E-state index in [9.17, 15) is 5.11 Å². The Labute approximate surface area is 127 Å². The standard InChI is InChI=1S/C16H13ClN2O2/c17-11-14-18-15(19-21-14)16(20,12-7-3-1-4-8-12)13-9-5-2-6-10-13/h1-10,20H,11H2. The minimum absolute atomic E-state index is 0.104. The first-order valence-corrected chi connectivity index (χ1v) is 7.01. The highest BCUT2D eigenvalue weighted by molar-refractivity contribution is 6.16. The lowest BCUT2D eigenvalue weighted by molar-refractivity contribution is 0.112. The monoisotopic (exact) mass is 300 g/mol. The van der Waals surface area contributed by atoms with Gasteiger partial charge in [0.15, 0.2) is 5.60 Å². The van der Waals surface area contributed by atoms with Crippen LogP contribution in [0, 0.1) is 0 Å². The summed E-state index contributed by atoms with van der Waals surface area (Å²) in [6.45, 7) is 0. The summed E-state index contributed by atoms with van der Waals surface area (Å²) in [7, 11) is 0. The van der Waals surface area contributed by atoms with Gasteiger partial charge in [0, 0.05) is 0 Å². The number of nitrogens with zero attached hydrogens (tertiary/aromatic N) is 2. The fourth-order valence-electron chi connectivity index (χ4n) is 2.24. The van der Waals surface area contributed by atoms with Crippen LogP contribution in [0.1, 0.15) is 22.8 Å². The smallest absolute Gasteiger partial charge is 0.241 e. The zero-order valence-electron chi connectivity index (χ0n) is 11.1. The summed E-state index contributed by atoms with van der Waals surface area (Å²) >= 11 is 5.70. The molecule has 0 saturated carbocycles. The summed E-state index contributed by atoms with van der Waals surface area (Å²) in [5.74, 6) is 0.555. The molecule has 3 aromatic rings. The molecule has 5 heteroatoms. The van der Waals surface area contributed by atoms with E-state index >= 15 is 0 Å². The number of aliphatic hydroxyl groups is 1. The first-order chi connectivity index (χ1) is 10.2. The van der Waals surface area contributed by atoms with Gasteiger partial charge in [0.05, 0.1) is 0 Å². The Morgan fingerprint density at radius 1 is 0.952 bits per heavy atom. The van der Waals surface area contributed by atoms with Crippen molar-refractivity contribution in [1.29, 1.82) is 0 Å². The topological polar surface area (TPSA) is 59.2 Å². The van der Waals surface area contributed by atoms with Crippen LogP contribution in [0.4, 0.5) is 0 Å². The zero-order valence-corrected chi connectivity index (χ0v) is 11.9. The molecule has 2 aromatic carbocycles. The maximum absolute atomic E-state index is 11.3. The molecule has 0 aliphatic carbocycles. The van der Waals surface area contributed by atoms with Gasteiger partial charge in [-0.3, -0.25) is 0 Å². The van der Waals surface area contributed by atoms with Crippen molar-refractivity contribution >= 4 is 11.6 Å². The molecule has 1 aromatic heterocycles.